The summed E-state index contributed by atoms with van der Waals surface area (Å²) in [6.07, 6.45) is 9.66. The number of ether oxygens (including phenoxy) is 1. The van der Waals surface area contributed by atoms with E-state index < -0.39 is 23.1 Å². The molecule has 2 aliphatic rings. The van der Waals surface area contributed by atoms with Gasteiger partial charge in [0.15, 0.2) is 5.60 Å². The number of rotatable bonds is 8. The van der Waals surface area contributed by atoms with E-state index in [4.69, 9.17) is 16.3 Å². The third-order valence-electron chi connectivity index (χ3n) is 10.4. The summed E-state index contributed by atoms with van der Waals surface area (Å²) in [7, 11) is 2.17. The molecule has 0 saturated heterocycles. The Hall–Kier alpha value is -3.82. The minimum Gasteiger partial charge on any atom is -0.870 e. The Morgan fingerprint density at radius 3 is 2.00 bits per heavy atom. The van der Waals surface area contributed by atoms with Gasteiger partial charge in [-0.3, -0.25) is 24.5 Å². The van der Waals surface area contributed by atoms with Gasteiger partial charge in [-0.1, -0.05) is 79.1 Å². The number of likely N-dealkylation sites (N-methyl/N-ethyl adjacent to an activating group) is 1. The molecule has 1 fully saturated rings. The number of ketones is 2. The molecule has 55 heavy (non-hydrogen) atoms. The molecule has 0 radical (unpaired) electrons. The van der Waals surface area contributed by atoms with E-state index in [1.54, 1.807) is 48.7 Å². The van der Waals surface area contributed by atoms with Crippen molar-refractivity contribution in [1.82, 2.24) is 15.0 Å². The lowest BCUT2D eigenvalue weighted by Crippen LogP contribution is -2.48. The molecule has 0 amide bonds. The average molecular weight is 944 g/mol. The molecule has 1 saturated carbocycles. The van der Waals surface area contributed by atoms with Gasteiger partial charge in [0.05, 0.1) is 30.7 Å². The van der Waals surface area contributed by atoms with Crippen LogP contribution in [0.25, 0.3) is 22.0 Å². The number of esters is 1. The maximum atomic E-state index is 12.9. The number of carbonyl (C=O) groups is 3. The fourth-order valence-electron chi connectivity index (χ4n) is 6.71. The number of hydrogen-bond donors (Lipinski definition) is 1. The van der Waals surface area contributed by atoms with E-state index in [0.29, 0.717) is 37.4 Å². The first kappa shape index (κ1) is 43.9. The minimum absolute atomic E-state index is 0. The number of Topliss-reactive ketones (excluding diaryl/α,β-unsaturated/α-hetero) is 2. The number of aliphatic hydroxyl groups is 1. The second-order valence-electron chi connectivity index (χ2n) is 13.6. The number of hydrogen-bond acceptors (Lipinski definition) is 9. The molecule has 0 aliphatic heterocycles. The summed E-state index contributed by atoms with van der Waals surface area (Å²) in [5.41, 5.74) is 1.37. The molecule has 7 rings (SSSR count). The molecule has 2 aromatic carbocycles. The van der Waals surface area contributed by atoms with Crippen LogP contribution in [0.1, 0.15) is 72.5 Å². The quantitative estimate of drug-likeness (QED) is 0.0706. The third kappa shape index (κ3) is 9.95. The van der Waals surface area contributed by atoms with E-state index in [0.717, 1.165) is 55.2 Å². The zero-order valence-electron chi connectivity index (χ0n) is 31.0. The monoisotopic (exact) mass is 942 g/mol. The zero-order chi connectivity index (χ0) is 38.9. The van der Waals surface area contributed by atoms with E-state index in [2.05, 4.69) is 35.8 Å². The number of benzene rings is 2. The summed E-state index contributed by atoms with van der Waals surface area (Å²) >= 11 is 7.91. The highest BCUT2D eigenvalue weighted by Crippen LogP contribution is 2.40. The second kappa shape index (κ2) is 19.9. The van der Waals surface area contributed by atoms with Crippen molar-refractivity contribution in [1.29, 1.82) is 0 Å². The van der Waals surface area contributed by atoms with Crippen molar-refractivity contribution in [2.75, 3.05) is 33.3 Å². The lowest BCUT2D eigenvalue weighted by atomic mass is 9.73. The van der Waals surface area contributed by atoms with Crippen LogP contribution >= 0.6 is 51.2 Å². The molecule has 1 atom stereocenters. The van der Waals surface area contributed by atoms with Gasteiger partial charge in [-0.25, -0.2) is 4.79 Å². The van der Waals surface area contributed by atoms with Gasteiger partial charge < -0.3 is 19.4 Å². The molecular formula is C42H45BrClIN4O6. The highest BCUT2D eigenvalue weighted by molar-refractivity contribution is 14.1. The van der Waals surface area contributed by atoms with E-state index >= 15 is 0 Å². The molecular weight excluding hydrogens is 899 g/mol. The summed E-state index contributed by atoms with van der Waals surface area (Å²) in [4.78, 5) is 48.3. The first-order chi connectivity index (χ1) is 25.9. The average Bonchev–Trinajstić information content (AvgIpc) is 3.22. The smallest absolute Gasteiger partial charge is 0.343 e. The molecule has 2 aliphatic carbocycles. The van der Waals surface area contributed by atoms with Gasteiger partial charge in [0, 0.05) is 44.6 Å². The normalized spacial score (nSPS) is 14.8. The van der Waals surface area contributed by atoms with Crippen LogP contribution < -0.4 is 5.11 Å². The summed E-state index contributed by atoms with van der Waals surface area (Å²) in [6.45, 7) is 7.41. The number of aromatic nitrogens is 3. The van der Waals surface area contributed by atoms with Gasteiger partial charge in [-0.15, -0.1) is 17.0 Å². The number of fused-ring (bicyclic) bond motifs is 4. The second-order valence-corrected chi connectivity index (χ2v) is 15.2. The van der Waals surface area contributed by atoms with Gasteiger partial charge in [0.25, 0.3) is 11.6 Å². The largest absolute Gasteiger partial charge is 0.870 e. The van der Waals surface area contributed by atoms with E-state index in [-0.39, 0.29) is 40.0 Å². The fraction of sp³-hybridized carbons (Fsp3) is 0.333. The Bertz CT molecular complexity index is 2060. The minimum atomic E-state index is -1.52. The maximum absolute atomic E-state index is 12.9. The van der Waals surface area contributed by atoms with Crippen LogP contribution in [0.3, 0.4) is 0 Å². The summed E-state index contributed by atoms with van der Waals surface area (Å²) in [6, 6.07) is 21.6. The first-order valence-corrected chi connectivity index (χ1v) is 19.6. The molecule has 5 aromatic rings. The van der Waals surface area contributed by atoms with Crippen molar-refractivity contribution in [3.8, 4) is 16.9 Å². The lowest BCUT2D eigenvalue weighted by Gasteiger charge is -2.37. The van der Waals surface area contributed by atoms with Crippen molar-refractivity contribution in [3.05, 3.63) is 117 Å². The standard InChI is InChI=1S/C21H34NO3.C12H6N2O2.C9H5ClINO.BrH/c1-4-22(3,5-2)16-17-25-20(23)21(24,18-12-8-6-9-13-18)19-14-10-7-11-15-19;15-11-9-7(3-1-5-13-9)8-4-2-6-14-10(8)12(11)16;10-6-4-7(11)9(13)8-5(6)2-1-3-12-8;/h6,8-9,12-13,19,24H,4-5,7,10-11,14-17H2,1-3H3;1-6H;1-4,13H;1H/q+1;;;/p-1. The number of pyridine rings is 3. The Kier molecular flexibility index (Phi) is 15.9. The molecule has 3 aromatic heterocycles. The number of carbonyl (C=O) groups excluding carboxylic acids is 3. The van der Waals surface area contributed by atoms with Crippen LogP contribution in [0.4, 0.5) is 0 Å². The van der Waals surface area contributed by atoms with Crippen molar-refractivity contribution in [2.24, 2.45) is 5.92 Å². The number of quaternary nitrogens is 1. The van der Waals surface area contributed by atoms with Crippen LogP contribution in [0, 0.1) is 9.49 Å². The van der Waals surface area contributed by atoms with E-state index in [1.807, 2.05) is 52.9 Å². The Labute approximate surface area is 350 Å². The molecule has 10 nitrogen and oxygen atoms in total. The molecule has 1 unspecified atom stereocenters. The number of nitrogens with zero attached hydrogens (tertiary/aromatic N) is 4. The van der Waals surface area contributed by atoms with Gasteiger partial charge in [-0.2, -0.15) is 0 Å². The highest BCUT2D eigenvalue weighted by Gasteiger charge is 2.47. The molecule has 0 spiro atoms. The van der Waals surface area contributed by atoms with Crippen molar-refractivity contribution < 1.29 is 33.8 Å². The van der Waals surface area contributed by atoms with E-state index in [1.165, 1.54) is 18.8 Å². The molecule has 13 heteroatoms. The predicted octanol–water partition coefficient (Wildman–Crippen LogP) is 8.15. The van der Waals surface area contributed by atoms with Gasteiger partial charge in [0.2, 0.25) is 0 Å². The van der Waals surface area contributed by atoms with Gasteiger partial charge in [0.1, 0.15) is 24.5 Å². The molecule has 3 heterocycles. The maximum Gasteiger partial charge on any atom is 0.343 e. The number of halogens is 3. The van der Waals surface area contributed by atoms with Crippen LogP contribution in [0.15, 0.2) is 91.4 Å². The Balaban J connectivity index is 0.000000193. The van der Waals surface area contributed by atoms with Crippen molar-refractivity contribution >= 4 is 79.6 Å². The molecule has 290 valence electrons. The Morgan fingerprint density at radius 2 is 1.44 bits per heavy atom. The highest BCUT2D eigenvalue weighted by atomic mass is 127. The SMILES string of the molecule is Br.CC[N+](C)(CC)CCOC(=O)C(O)(c1ccccc1)C1CCCCC1.O=C1C(=O)c2ncccc2-c2cccnc21.[O-]c1c(I)cc(Cl)c2cccnc12. The van der Waals surface area contributed by atoms with E-state index in [9.17, 15) is 24.6 Å². The summed E-state index contributed by atoms with van der Waals surface area (Å²) < 4.78 is 7.08. The first-order valence-electron chi connectivity index (χ1n) is 18.1. The predicted molar refractivity (Wildman–Crippen MR) is 225 cm³/mol. The lowest BCUT2D eigenvalue weighted by molar-refractivity contribution is -0.906. The van der Waals surface area contributed by atoms with Gasteiger partial charge in [-0.05, 0) is 85.2 Å². The van der Waals surface area contributed by atoms with Crippen LogP contribution in [0.2, 0.25) is 5.02 Å². The topological polar surface area (TPSA) is 142 Å². The zero-order valence-corrected chi connectivity index (χ0v) is 35.7. The summed E-state index contributed by atoms with van der Waals surface area (Å²) in [5, 5.41) is 24.3. The molecule has 1 N–H and O–H groups in total. The summed E-state index contributed by atoms with van der Waals surface area (Å²) in [5.74, 6) is -1.76. The van der Waals surface area contributed by atoms with Crippen LogP contribution in [0.5, 0.6) is 5.75 Å². The van der Waals surface area contributed by atoms with Crippen molar-refractivity contribution in [2.45, 2.75) is 51.6 Å². The van der Waals surface area contributed by atoms with Crippen LogP contribution in [-0.4, -0.2) is 75.4 Å². The van der Waals surface area contributed by atoms with Gasteiger partial charge >= 0.3 is 5.97 Å². The Morgan fingerprint density at radius 1 is 0.891 bits per heavy atom. The van der Waals surface area contributed by atoms with Crippen LogP contribution in [-0.2, 0) is 15.1 Å². The third-order valence-corrected chi connectivity index (χ3v) is 11.5. The fourth-order valence-corrected chi connectivity index (χ4v) is 7.72. The molecule has 0 bridgehead atoms. The van der Waals surface area contributed by atoms with Crippen molar-refractivity contribution in [3.63, 3.8) is 0 Å².